The molecule has 150 valence electrons. The number of H-pyrrole nitrogens is 1. The number of aromatic amines is 1. The van der Waals surface area contributed by atoms with E-state index in [0.717, 1.165) is 29.4 Å². The average molecular weight is 383 g/mol. The minimum atomic E-state index is -0.558. The van der Waals surface area contributed by atoms with Gasteiger partial charge in [-0.2, -0.15) is 0 Å². The van der Waals surface area contributed by atoms with Gasteiger partial charge < -0.3 is 19.9 Å². The fourth-order valence-corrected chi connectivity index (χ4v) is 3.85. The third-order valence-electron chi connectivity index (χ3n) is 5.12. The topological polar surface area (TPSA) is 76.6 Å². The predicted molar refractivity (Wildman–Crippen MR) is 110 cm³/mol. The maximum Gasteiger partial charge on any atom is 0.290 e. The normalized spacial score (nSPS) is 17.6. The molecule has 0 spiro atoms. The molecule has 1 aromatic carbocycles. The summed E-state index contributed by atoms with van der Waals surface area (Å²) in [4.78, 5) is 32.8. The molecule has 2 N–H and O–H groups in total. The molecule has 0 bridgehead atoms. The molecular formula is C22H29N3O3. The van der Waals surface area contributed by atoms with Gasteiger partial charge in [-0.15, -0.1) is 0 Å². The van der Waals surface area contributed by atoms with Crippen LogP contribution in [0.25, 0.3) is 10.9 Å². The summed E-state index contributed by atoms with van der Waals surface area (Å²) < 4.78 is 0. The van der Waals surface area contributed by atoms with E-state index in [2.05, 4.69) is 9.88 Å². The molecule has 0 radical (unpaired) electrons. The van der Waals surface area contributed by atoms with Crippen LogP contribution in [0.15, 0.2) is 41.8 Å². The number of rotatable bonds is 8. The highest BCUT2D eigenvalue weighted by Gasteiger charge is 2.43. The maximum atomic E-state index is 13.0. The lowest BCUT2D eigenvalue weighted by atomic mass is 9.92. The third-order valence-corrected chi connectivity index (χ3v) is 5.12. The summed E-state index contributed by atoms with van der Waals surface area (Å²) >= 11 is 0. The number of fused-ring (bicyclic) bond motifs is 1. The zero-order chi connectivity index (χ0) is 20.4. The lowest BCUT2D eigenvalue weighted by molar-refractivity contribution is -0.129. The van der Waals surface area contributed by atoms with Crippen molar-refractivity contribution >= 4 is 22.6 Å². The predicted octanol–water partition coefficient (Wildman–Crippen LogP) is 3.43. The highest BCUT2D eigenvalue weighted by Crippen LogP contribution is 2.41. The molecule has 0 saturated carbocycles. The first kappa shape index (κ1) is 20.1. The molecule has 1 aliphatic rings. The van der Waals surface area contributed by atoms with Gasteiger partial charge >= 0.3 is 0 Å². The molecule has 0 fully saturated rings. The zero-order valence-electron chi connectivity index (χ0n) is 17.0. The van der Waals surface area contributed by atoms with E-state index in [-0.39, 0.29) is 17.3 Å². The number of carbonyl (C=O) groups excluding carboxylic acids is 2. The third kappa shape index (κ3) is 3.83. The Balaban J connectivity index is 2.04. The highest BCUT2D eigenvalue weighted by molar-refractivity contribution is 6.09. The Hall–Kier alpha value is -2.60. The van der Waals surface area contributed by atoms with Crippen LogP contribution >= 0.6 is 0 Å². The summed E-state index contributed by atoms with van der Waals surface area (Å²) in [5, 5.41) is 11.6. The quantitative estimate of drug-likeness (QED) is 0.732. The van der Waals surface area contributed by atoms with Crippen molar-refractivity contribution < 1.29 is 14.7 Å². The van der Waals surface area contributed by atoms with Crippen LogP contribution in [0.4, 0.5) is 0 Å². The number of nitrogens with zero attached hydrogens (tertiary/aromatic N) is 2. The number of aliphatic hydroxyl groups excluding tert-OH is 1. The zero-order valence-corrected chi connectivity index (χ0v) is 17.0. The van der Waals surface area contributed by atoms with Crippen molar-refractivity contribution in [3.05, 3.63) is 47.4 Å². The Morgan fingerprint density at radius 2 is 2.00 bits per heavy atom. The van der Waals surface area contributed by atoms with Gasteiger partial charge in [0.2, 0.25) is 0 Å². The minimum absolute atomic E-state index is 0.148. The van der Waals surface area contributed by atoms with Crippen molar-refractivity contribution in [1.82, 2.24) is 14.8 Å². The van der Waals surface area contributed by atoms with Crippen molar-refractivity contribution in [2.45, 2.75) is 32.7 Å². The first-order valence-corrected chi connectivity index (χ1v) is 9.79. The summed E-state index contributed by atoms with van der Waals surface area (Å²) in [6.07, 6.45) is 2.91. The second kappa shape index (κ2) is 8.19. The molecule has 6 nitrogen and oxygen atoms in total. The molecule has 1 atom stereocenters. The molecule has 0 saturated heterocycles. The van der Waals surface area contributed by atoms with Crippen molar-refractivity contribution in [3.63, 3.8) is 0 Å². The summed E-state index contributed by atoms with van der Waals surface area (Å²) in [7, 11) is 3.96. The van der Waals surface area contributed by atoms with E-state index in [0.29, 0.717) is 13.0 Å². The van der Waals surface area contributed by atoms with E-state index in [4.69, 9.17) is 0 Å². The molecule has 0 aliphatic carbocycles. The number of nitrogens with one attached hydrogen (secondary N) is 1. The Morgan fingerprint density at radius 3 is 2.68 bits per heavy atom. The van der Waals surface area contributed by atoms with Crippen LogP contribution in [0.2, 0.25) is 0 Å². The molecule has 2 aromatic rings. The molecule has 1 aliphatic heterocycles. The molecular weight excluding hydrogens is 354 g/mol. The van der Waals surface area contributed by atoms with Gasteiger partial charge in [-0.3, -0.25) is 9.59 Å². The van der Waals surface area contributed by atoms with Crippen LogP contribution in [0.5, 0.6) is 0 Å². The number of aromatic nitrogens is 1. The number of aliphatic hydroxyl groups is 1. The van der Waals surface area contributed by atoms with Gasteiger partial charge in [0, 0.05) is 35.6 Å². The fraction of sp³-hybridized carbons (Fsp3) is 0.455. The SMILES string of the molecule is CC(C)CC(=O)C1=C(O)C(=O)N(CCCN(C)C)C1c1c[nH]c2ccccc12. The minimum Gasteiger partial charge on any atom is -0.503 e. The summed E-state index contributed by atoms with van der Waals surface area (Å²) in [6, 6.07) is 7.26. The van der Waals surface area contributed by atoms with E-state index in [1.165, 1.54) is 0 Å². The van der Waals surface area contributed by atoms with E-state index in [1.807, 2.05) is 58.4 Å². The fourth-order valence-electron chi connectivity index (χ4n) is 3.85. The second-order valence-electron chi connectivity index (χ2n) is 8.13. The van der Waals surface area contributed by atoms with Crippen LogP contribution in [-0.4, -0.2) is 58.8 Å². The van der Waals surface area contributed by atoms with Crippen LogP contribution in [0.1, 0.15) is 38.3 Å². The molecule has 2 heterocycles. The molecule has 1 aromatic heterocycles. The van der Waals surface area contributed by atoms with Gasteiger partial charge in [0.1, 0.15) is 0 Å². The van der Waals surface area contributed by atoms with Crippen molar-refractivity contribution in [1.29, 1.82) is 0 Å². The maximum absolute atomic E-state index is 13.0. The number of para-hydroxylation sites is 1. The molecule has 6 heteroatoms. The highest BCUT2D eigenvalue weighted by atomic mass is 16.3. The lowest BCUT2D eigenvalue weighted by Gasteiger charge is -2.27. The van der Waals surface area contributed by atoms with Crippen molar-refractivity contribution in [3.8, 4) is 0 Å². The summed E-state index contributed by atoms with van der Waals surface area (Å²) in [6.45, 7) is 5.22. The monoisotopic (exact) mass is 383 g/mol. The molecule has 1 unspecified atom stereocenters. The first-order valence-electron chi connectivity index (χ1n) is 9.79. The van der Waals surface area contributed by atoms with Gasteiger partial charge in [0.05, 0.1) is 11.6 Å². The van der Waals surface area contributed by atoms with Gasteiger partial charge in [-0.05, 0) is 39.0 Å². The smallest absolute Gasteiger partial charge is 0.290 e. The van der Waals surface area contributed by atoms with Crippen LogP contribution in [0.3, 0.4) is 0 Å². The summed E-state index contributed by atoms with van der Waals surface area (Å²) in [5.41, 5.74) is 2.03. The van der Waals surface area contributed by atoms with Gasteiger partial charge in [-0.25, -0.2) is 0 Å². The molecule has 3 rings (SSSR count). The van der Waals surface area contributed by atoms with Crippen molar-refractivity contribution in [2.75, 3.05) is 27.2 Å². The number of carbonyl (C=O) groups is 2. The second-order valence-corrected chi connectivity index (χ2v) is 8.13. The number of hydrogen-bond acceptors (Lipinski definition) is 4. The van der Waals surface area contributed by atoms with Crippen LogP contribution < -0.4 is 0 Å². The van der Waals surface area contributed by atoms with Gasteiger partial charge in [-0.1, -0.05) is 32.0 Å². The molecule has 28 heavy (non-hydrogen) atoms. The Morgan fingerprint density at radius 1 is 1.29 bits per heavy atom. The van der Waals surface area contributed by atoms with Gasteiger partial charge in [0.25, 0.3) is 5.91 Å². The Labute approximate surface area is 165 Å². The number of ketones is 1. The first-order chi connectivity index (χ1) is 13.3. The average Bonchev–Trinajstić information content (AvgIpc) is 3.15. The van der Waals surface area contributed by atoms with E-state index < -0.39 is 17.7 Å². The van der Waals surface area contributed by atoms with Crippen LogP contribution in [-0.2, 0) is 9.59 Å². The summed E-state index contributed by atoms with van der Waals surface area (Å²) in [5.74, 6) is -0.868. The Bertz CT molecular complexity index is 911. The van der Waals surface area contributed by atoms with E-state index in [9.17, 15) is 14.7 Å². The Kier molecular flexibility index (Phi) is 5.89. The standard InChI is InChI=1S/C22H29N3O3/c1-14(2)12-18(26)19-20(16-13-23-17-9-6-5-8-15(16)17)25(22(28)21(19)27)11-7-10-24(3)4/h5-6,8-9,13-14,20,23,27H,7,10-12H2,1-4H3. The molecule has 1 amide bonds. The largest absolute Gasteiger partial charge is 0.503 e. The number of hydrogen-bond donors (Lipinski definition) is 2. The van der Waals surface area contributed by atoms with E-state index >= 15 is 0 Å². The number of amides is 1. The number of benzene rings is 1. The lowest BCUT2D eigenvalue weighted by Crippen LogP contribution is -2.33. The van der Waals surface area contributed by atoms with E-state index in [1.54, 1.807) is 4.90 Å². The van der Waals surface area contributed by atoms with Gasteiger partial charge in [0.15, 0.2) is 11.5 Å². The van der Waals surface area contributed by atoms with Crippen LogP contribution in [0, 0.1) is 5.92 Å². The van der Waals surface area contributed by atoms with Crippen molar-refractivity contribution in [2.24, 2.45) is 5.92 Å². The number of Topliss-reactive ketones (excluding diaryl/α,β-unsaturated/α-hetero) is 1.